The summed E-state index contributed by atoms with van der Waals surface area (Å²) >= 11 is 0. The summed E-state index contributed by atoms with van der Waals surface area (Å²) in [4.78, 5) is 24.5. The highest BCUT2D eigenvalue weighted by Crippen LogP contribution is 2.29. The molecule has 0 aliphatic carbocycles. The van der Waals surface area contributed by atoms with Gasteiger partial charge < -0.3 is 18.9 Å². The lowest BCUT2D eigenvalue weighted by molar-refractivity contribution is -0.128. The molecule has 0 bridgehead atoms. The fourth-order valence-corrected chi connectivity index (χ4v) is 3.42. The average molecular weight is 495 g/mol. The Morgan fingerprint density at radius 3 is 2.03 bits per heavy atom. The maximum Gasteiger partial charge on any atom is 0.338 e. The van der Waals surface area contributed by atoms with E-state index in [1.54, 1.807) is 49.6 Å². The number of rotatable bonds is 10. The van der Waals surface area contributed by atoms with E-state index in [4.69, 9.17) is 18.9 Å². The van der Waals surface area contributed by atoms with E-state index < -0.39 is 11.9 Å². The van der Waals surface area contributed by atoms with Crippen LogP contribution < -0.4 is 14.2 Å². The van der Waals surface area contributed by atoms with Crippen LogP contribution in [0.3, 0.4) is 0 Å². The first-order valence-electron chi connectivity index (χ1n) is 11.7. The lowest BCUT2D eigenvalue weighted by Gasteiger charge is -2.11. The minimum absolute atomic E-state index is 0.187. The van der Waals surface area contributed by atoms with Gasteiger partial charge in [-0.25, -0.2) is 9.59 Å². The fourth-order valence-electron chi connectivity index (χ4n) is 3.42. The van der Waals surface area contributed by atoms with Gasteiger partial charge in [0.05, 0.1) is 12.7 Å². The van der Waals surface area contributed by atoms with Gasteiger partial charge in [-0.05, 0) is 59.2 Å². The van der Waals surface area contributed by atoms with Crippen LogP contribution in [0.5, 0.6) is 17.2 Å². The number of hydrogen-bond donors (Lipinski definition) is 0. The molecule has 6 heteroatoms. The van der Waals surface area contributed by atoms with Crippen LogP contribution in [-0.2, 0) is 22.7 Å². The molecule has 0 aliphatic rings. The van der Waals surface area contributed by atoms with E-state index in [1.165, 1.54) is 6.08 Å². The quantitative estimate of drug-likeness (QED) is 0.147. The molecule has 0 saturated carbocycles. The molecule has 0 aromatic heterocycles. The van der Waals surface area contributed by atoms with Crippen molar-refractivity contribution >= 4 is 18.0 Å². The van der Waals surface area contributed by atoms with Gasteiger partial charge in [0.15, 0.2) is 11.5 Å². The number of ether oxygens (including phenoxy) is 4. The van der Waals surface area contributed by atoms with E-state index in [-0.39, 0.29) is 6.61 Å². The van der Waals surface area contributed by atoms with Gasteiger partial charge in [-0.1, -0.05) is 66.7 Å². The molecule has 0 fully saturated rings. The summed E-state index contributed by atoms with van der Waals surface area (Å²) in [6, 6.07) is 30.9. The van der Waals surface area contributed by atoms with Crippen molar-refractivity contribution in [2.24, 2.45) is 0 Å². The van der Waals surface area contributed by atoms with E-state index >= 15 is 0 Å². The average Bonchev–Trinajstić information content (AvgIpc) is 2.95. The van der Waals surface area contributed by atoms with Crippen LogP contribution in [-0.4, -0.2) is 19.0 Å². The normalized spacial score (nSPS) is 10.6. The Kier molecular flexibility index (Phi) is 8.70. The molecule has 0 radical (unpaired) electrons. The van der Waals surface area contributed by atoms with Gasteiger partial charge >= 0.3 is 11.9 Å². The third-order valence-electron chi connectivity index (χ3n) is 5.36. The summed E-state index contributed by atoms with van der Waals surface area (Å²) in [6.45, 7) is 0.606. The molecule has 37 heavy (non-hydrogen) atoms. The topological polar surface area (TPSA) is 71.1 Å². The Labute approximate surface area is 215 Å². The summed E-state index contributed by atoms with van der Waals surface area (Å²) in [7, 11) is 1.56. The van der Waals surface area contributed by atoms with Crippen LogP contribution in [0.2, 0.25) is 0 Å². The summed E-state index contributed by atoms with van der Waals surface area (Å²) in [6.07, 6.45) is 2.95. The Bertz CT molecular complexity index is 1350. The SMILES string of the molecule is COc1cc(/C=C/C(=O)Oc2ccc(C(=O)OCc3ccccc3)cc2)ccc1OCc1ccccc1. The number of carbonyl (C=O) groups excluding carboxylic acids is 2. The van der Waals surface area contributed by atoms with Crippen LogP contribution in [0, 0.1) is 0 Å². The van der Waals surface area contributed by atoms with Gasteiger partial charge in [0.1, 0.15) is 19.0 Å². The predicted molar refractivity (Wildman–Crippen MR) is 140 cm³/mol. The van der Waals surface area contributed by atoms with Crippen LogP contribution >= 0.6 is 0 Å². The molecule has 0 amide bonds. The van der Waals surface area contributed by atoms with Gasteiger partial charge in [0.25, 0.3) is 0 Å². The van der Waals surface area contributed by atoms with Crippen molar-refractivity contribution < 1.29 is 28.5 Å². The summed E-state index contributed by atoms with van der Waals surface area (Å²) in [5, 5.41) is 0. The van der Waals surface area contributed by atoms with E-state index in [0.29, 0.717) is 29.4 Å². The summed E-state index contributed by atoms with van der Waals surface area (Å²) in [5.41, 5.74) is 3.07. The Hall–Kier alpha value is -4.84. The van der Waals surface area contributed by atoms with Crippen molar-refractivity contribution in [1.29, 1.82) is 0 Å². The highest BCUT2D eigenvalue weighted by atomic mass is 16.5. The molecule has 0 unspecified atom stereocenters. The molecular formula is C31H26O6. The van der Waals surface area contributed by atoms with Crippen molar-refractivity contribution in [2.75, 3.05) is 7.11 Å². The lowest BCUT2D eigenvalue weighted by atomic mass is 10.2. The zero-order chi connectivity index (χ0) is 25.9. The fraction of sp³-hybridized carbons (Fsp3) is 0.0968. The summed E-state index contributed by atoms with van der Waals surface area (Å²) in [5.74, 6) is 0.473. The van der Waals surface area contributed by atoms with Crippen LogP contribution in [0.4, 0.5) is 0 Å². The van der Waals surface area contributed by atoms with Crippen molar-refractivity contribution in [2.45, 2.75) is 13.2 Å². The van der Waals surface area contributed by atoms with Gasteiger partial charge in [-0.2, -0.15) is 0 Å². The van der Waals surface area contributed by atoms with Crippen molar-refractivity contribution in [3.63, 3.8) is 0 Å². The number of methoxy groups -OCH3 is 1. The van der Waals surface area contributed by atoms with Gasteiger partial charge in [0, 0.05) is 6.08 Å². The molecule has 0 saturated heterocycles. The van der Waals surface area contributed by atoms with E-state index in [0.717, 1.165) is 16.7 Å². The highest BCUT2D eigenvalue weighted by molar-refractivity contribution is 5.90. The zero-order valence-electron chi connectivity index (χ0n) is 20.3. The largest absolute Gasteiger partial charge is 0.493 e. The highest BCUT2D eigenvalue weighted by Gasteiger charge is 2.09. The molecule has 0 N–H and O–H groups in total. The number of carbonyl (C=O) groups is 2. The first-order valence-corrected chi connectivity index (χ1v) is 11.7. The molecule has 4 aromatic carbocycles. The third kappa shape index (κ3) is 7.57. The van der Waals surface area contributed by atoms with Gasteiger partial charge in [-0.15, -0.1) is 0 Å². The van der Waals surface area contributed by atoms with Crippen molar-refractivity contribution in [3.05, 3.63) is 131 Å². The number of benzene rings is 4. The third-order valence-corrected chi connectivity index (χ3v) is 5.36. The number of hydrogen-bond acceptors (Lipinski definition) is 6. The second kappa shape index (κ2) is 12.7. The minimum Gasteiger partial charge on any atom is -0.493 e. The second-order valence-corrected chi connectivity index (χ2v) is 8.03. The Morgan fingerprint density at radius 2 is 1.38 bits per heavy atom. The molecule has 4 rings (SSSR count). The molecule has 186 valence electrons. The first-order chi connectivity index (χ1) is 18.1. The Morgan fingerprint density at radius 1 is 0.730 bits per heavy atom. The molecule has 0 atom stereocenters. The number of esters is 2. The zero-order valence-corrected chi connectivity index (χ0v) is 20.3. The molecule has 4 aromatic rings. The smallest absolute Gasteiger partial charge is 0.338 e. The predicted octanol–water partition coefficient (Wildman–Crippen LogP) is 6.25. The maximum atomic E-state index is 12.3. The van der Waals surface area contributed by atoms with Crippen LogP contribution in [0.1, 0.15) is 27.0 Å². The standard InChI is InChI=1S/C31H26O6/c1-34-29-20-23(12-18-28(29)35-21-24-8-4-2-5-9-24)13-19-30(32)37-27-16-14-26(15-17-27)31(33)36-22-25-10-6-3-7-11-25/h2-20H,21-22H2,1H3/b19-13+. The van der Waals surface area contributed by atoms with Gasteiger partial charge in [-0.3, -0.25) is 0 Å². The molecular weight excluding hydrogens is 468 g/mol. The molecule has 0 heterocycles. The van der Waals surface area contributed by atoms with Crippen molar-refractivity contribution in [3.8, 4) is 17.2 Å². The van der Waals surface area contributed by atoms with Crippen LogP contribution in [0.15, 0.2) is 109 Å². The van der Waals surface area contributed by atoms with Crippen molar-refractivity contribution in [1.82, 2.24) is 0 Å². The molecule has 0 spiro atoms. The van der Waals surface area contributed by atoms with E-state index in [2.05, 4.69) is 0 Å². The molecule has 6 nitrogen and oxygen atoms in total. The monoisotopic (exact) mass is 494 g/mol. The Balaban J connectivity index is 1.29. The summed E-state index contributed by atoms with van der Waals surface area (Å²) < 4.78 is 21.9. The minimum atomic E-state index is -0.553. The second-order valence-electron chi connectivity index (χ2n) is 8.03. The van der Waals surface area contributed by atoms with E-state index in [9.17, 15) is 9.59 Å². The lowest BCUT2D eigenvalue weighted by Crippen LogP contribution is -2.06. The first kappa shape index (κ1) is 25.3. The molecule has 0 aliphatic heterocycles. The maximum absolute atomic E-state index is 12.3. The van der Waals surface area contributed by atoms with Gasteiger partial charge in [0.2, 0.25) is 0 Å². The van der Waals surface area contributed by atoms with E-state index in [1.807, 2.05) is 66.7 Å². The van der Waals surface area contributed by atoms with Crippen LogP contribution in [0.25, 0.3) is 6.08 Å².